The monoisotopic (exact) mass is 268 g/mol. The fourth-order valence-corrected chi connectivity index (χ4v) is 1.87. The lowest BCUT2D eigenvalue weighted by molar-refractivity contribution is -0.138. The van der Waals surface area contributed by atoms with Crippen molar-refractivity contribution in [2.75, 3.05) is 0 Å². The molecular formula is C10H9BrN2O2. The van der Waals surface area contributed by atoms with Crippen LogP contribution in [-0.2, 0) is 4.79 Å². The normalized spacial score (nSPS) is 12.9. The van der Waals surface area contributed by atoms with Crippen molar-refractivity contribution in [3.8, 4) is 0 Å². The van der Waals surface area contributed by atoms with Gasteiger partial charge in [-0.3, -0.25) is 4.79 Å². The van der Waals surface area contributed by atoms with Crippen molar-refractivity contribution in [3.63, 3.8) is 0 Å². The molecule has 0 amide bonds. The molecule has 0 bridgehead atoms. The number of halogens is 1. The van der Waals surface area contributed by atoms with Crippen LogP contribution in [0, 0.1) is 0 Å². The van der Waals surface area contributed by atoms with Crippen LogP contribution >= 0.6 is 15.9 Å². The number of carboxylic acid groups (broad SMARTS) is 1. The second-order valence-electron chi connectivity index (χ2n) is 3.25. The molecule has 78 valence electrons. The number of hydrogen-bond donors (Lipinski definition) is 3. The standard InChI is InChI=1S/C10H9BrN2O2/c11-5-1-2-6-7(9(12)10(14)15)4-13-8(6)3-5/h1-4,9,13H,12H2,(H,14,15). The highest BCUT2D eigenvalue weighted by Crippen LogP contribution is 2.25. The van der Waals surface area contributed by atoms with Crippen LogP contribution in [-0.4, -0.2) is 16.1 Å². The Balaban J connectivity index is 2.59. The van der Waals surface area contributed by atoms with Gasteiger partial charge in [-0.2, -0.15) is 0 Å². The molecule has 0 spiro atoms. The van der Waals surface area contributed by atoms with Gasteiger partial charge in [-0.15, -0.1) is 0 Å². The molecule has 1 unspecified atom stereocenters. The molecule has 1 heterocycles. The Morgan fingerprint density at radius 1 is 1.53 bits per heavy atom. The van der Waals surface area contributed by atoms with E-state index >= 15 is 0 Å². The molecule has 2 aromatic rings. The Morgan fingerprint density at radius 2 is 2.27 bits per heavy atom. The molecule has 0 aliphatic carbocycles. The molecule has 0 radical (unpaired) electrons. The third kappa shape index (κ3) is 1.75. The van der Waals surface area contributed by atoms with Crippen LogP contribution in [0.2, 0.25) is 0 Å². The summed E-state index contributed by atoms with van der Waals surface area (Å²) >= 11 is 3.34. The second kappa shape index (κ2) is 3.67. The van der Waals surface area contributed by atoms with E-state index in [9.17, 15) is 4.79 Å². The molecule has 0 saturated carbocycles. The van der Waals surface area contributed by atoms with Crippen LogP contribution in [0.25, 0.3) is 10.9 Å². The Hall–Kier alpha value is -1.33. The van der Waals surface area contributed by atoms with Crippen LogP contribution in [0.5, 0.6) is 0 Å². The highest BCUT2D eigenvalue weighted by molar-refractivity contribution is 9.10. The van der Waals surface area contributed by atoms with Gasteiger partial charge < -0.3 is 15.8 Å². The molecule has 0 fully saturated rings. The fraction of sp³-hybridized carbons (Fsp3) is 0.100. The van der Waals surface area contributed by atoms with Crippen molar-refractivity contribution >= 4 is 32.8 Å². The van der Waals surface area contributed by atoms with Gasteiger partial charge in [-0.1, -0.05) is 22.0 Å². The first-order valence-electron chi connectivity index (χ1n) is 4.34. The average molecular weight is 269 g/mol. The molecule has 4 N–H and O–H groups in total. The molecule has 0 aliphatic rings. The maximum Gasteiger partial charge on any atom is 0.325 e. The van der Waals surface area contributed by atoms with Gasteiger partial charge in [0.05, 0.1) is 0 Å². The number of fused-ring (bicyclic) bond motifs is 1. The summed E-state index contributed by atoms with van der Waals surface area (Å²) in [6.45, 7) is 0. The van der Waals surface area contributed by atoms with E-state index in [1.807, 2.05) is 18.2 Å². The molecule has 15 heavy (non-hydrogen) atoms. The zero-order valence-electron chi connectivity index (χ0n) is 7.70. The van der Waals surface area contributed by atoms with E-state index in [-0.39, 0.29) is 0 Å². The number of nitrogens with one attached hydrogen (secondary N) is 1. The quantitative estimate of drug-likeness (QED) is 0.780. The van der Waals surface area contributed by atoms with E-state index in [1.54, 1.807) is 6.20 Å². The number of benzene rings is 1. The van der Waals surface area contributed by atoms with E-state index in [2.05, 4.69) is 20.9 Å². The topological polar surface area (TPSA) is 79.1 Å². The van der Waals surface area contributed by atoms with Crippen LogP contribution in [0.4, 0.5) is 0 Å². The van der Waals surface area contributed by atoms with Gasteiger partial charge in [-0.05, 0) is 12.1 Å². The lowest BCUT2D eigenvalue weighted by atomic mass is 10.1. The molecular weight excluding hydrogens is 260 g/mol. The van der Waals surface area contributed by atoms with Crippen molar-refractivity contribution in [2.45, 2.75) is 6.04 Å². The molecule has 1 aromatic heterocycles. The van der Waals surface area contributed by atoms with Crippen LogP contribution in [0.3, 0.4) is 0 Å². The number of aromatic nitrogens is 1. The van der Waals surface area contributed by atoms with Crippen molar-refractivity contribution in [1.82, 2.24) is 4.98 Å². The summed E-state index contributed by atoms with van der Waals surface area (Å²) in [5, 5.41) is 9.66. The molecule has 0 aliphatic heterocycles. The zero-order chi connectivity index (χ0) is 11.0. The number of carbonyl (C=O) groups is 1. The lowest BCUT2D eigenvalue weighted by Crippen LogP contribution is -2.20. The maximum absolute atomic E-state index is 10.8. The number of nitrogens with two attached hydrogens (primary N) is 1. The van der Waals surface area contributed by atoms with Crippen molar-refractivity contribution in [3.05, 3.63) is 34.4 Å². The maximum atomic E-state index is 10.8. The molecule has 2 rings (SSSR count). The first kappa shape index (κ1) is 10.2. The summed E-state index contributed by atoms with van der Waals surface area (Å²) in [6.07, 6.45) is 1.63. The molecule has 5 heteroatoms. The average Bonchev–Trinajstić information content (AvgIpc) is 2.59. The number of aromatic amines is 1. The Morgan fingerprint density at radius 3 is 2.93 bits per heavy atom. The van der Waals surface area contributed by atoms with Crippen LogP contribution in [0.15, 0.2) is 28.9 Å². The molecule has 1 atom stereocenters. The van der Waals surface area contributed by atoms with Gasteiger partial charge in [0.1, 0.15) is 6.04 Å². The van der Waals surface area contributed by atoms with E-state index in [0.717, 1.165) is 15.4 Å². The van der Waals surface area contributed by atoms with Gasteiger partial charge in [0.15, 0.2) is 0 Å². The highest BCUT2D eigenvalue weighted by Gasteiger charge is 2.17. The molecule has 0 saturated heterocycles. The number of H-pyrrole nitrogens is 1. The Bertz CT molecular complexity index is 521. The number of aliphatic carboxylic acids is 1. The van der Waals surface area contributed by atoms with Crippen LogP contribution < -0.4 is 5.73 Å². The SMILES string of the molecule is NC(C(=O)O)c1c[nH]c2cc(Br)ccc12. The first-order valence-corrected chi connectivity index (χ1v) is 5.14. The van der Waals surface area contributed by atoms with Crippen molar-refractivity contribution < 1.29 is 9.90 Å². The summed E-state index contributed by atoms with van der Waals surface area (Å²) in [5.74, 6) is -1.03. The summed E-state index contributed by atoms with van der Waals surface area (Å²) in [4.78, 5) is 13.8. The highest BCUT2D eigenvalue weighted by atomic mass is 79.9. The van der Waals surface area contributed by atoms with E-state index in [0.29, 0.717) is 5.56 Å². The smallest absolute Gasteiger partial charge is 0.325 e. The Labute approximate surface area is 94.2 Å². The zero-order valence-corrected chi connectivity index (χ0v) is 9.28. The lowest BCUT2D eigenvalue weighted by Gasteiger charge is -2.04. The second-order valence-corrected chi connectivity index (χ2v) is 4.17. The van der Waals surface area contributed by atoms with Gasteiger partial charge in [-0.25, -0.2) is 0 Å². The van der Waals surface area contributed by atoms with Crippen molar-refractivity contribution in [1.29, 1.82) is 0 Å². The van der Waals surface area contributed by atoms with Gasteiger partial charge in [0, 0.05) is 27.1 Å². The van der Waals surface area contributed by atoms with Gasteiger partial charge >= 0.3 is 5.97 Å². The van der Waals surface area contributed by atoms with Gasteiger partial charge in [0.25, 0.3) is 0 Å². The third-order valence-corrected chi connectivity index (χ3v) is 2.77. The largest absolute Gasteiger partial charge is 0.480 e. The number of hydrogen-bond acceptors (Lipinski definition) is 2. The number of rotatable bonds is 2. The fourth-order valence-electron chi connectivity index (χ4n) is 1.51. The van der Waals surface area contributed by atoms with E-state index < -0.39 is 12.0 Å². The minimum absolute atomic E-state index is 0.602. The molecule has 4 nitrogen and oxygen atoms in total. The van der Waals surface area contributed by atoms with E-state index in [4.69, 9.17) is 10.8 Å². The Kier molecular flexibility index (Phi) is 2.50. The minimum Gasteiger partial charge on any atom is -0.480 e. The summed E-state index contributed by atoms with van der Waals surface area (Å²) in [6, 6.07) is 4.59. The predicted octanol–water partition coefficient (Wildman–Crippen LogP) is 2.01. The predicted molar refractivity (Wildman–Crippen MR) is 60.6 cm³/mol. The summed E-state index contributed by atoms with van der Waals surface area (Å²) in [5.41, 5.74) is 7.03. The number of carboxylic acids is 1. The van der Waals surface area contributed by atoms with Crippen LogP contribution in [0.1, 0.15) is 11.6 Å². The van der Waals surface area contributed by atoms with Gasteiger partial charge in [0.2, 0.25) is 0 Å². The summed E-state index contributed by atoms with van der Waals surface area (Å²) < 4.78 is 0.937. The first-order chi connectivity index (χ1) is 7.09. The molecule has 1 aromatic carbocycles. The van der Waals surface area contributed by atoms with Crippen molar-refractivity contribution in [2.24, 2.45) is 5.73 Å². The minimum atomic E-state index is -1.03. The summed E-state index contributed by atoms with van der Waals surface area (Å²) in [7, 11) is 0. The van der Waals surface area contributed by atoms with E-state index in [1.165, 1.54) is 0 Å². The third-order valence-electron chi connectivity index (χ3n) is 2.28.